The van der Waals surface area contributed by atoms with Crippen molar-refractivity contribution in [3.05, 3.63) is 47.7 Å². The molecule has 0 bridgehead atoms. The first kappa shape index (κ1) is 14.8. The summed E-state index contributed by atoms with van der Waals surface area (Å²) < 4.78 is 1.76. The van der Waals surface area contributed by atoms with Crippen molar-refractivity contribution >= 4 is 11.7 Å². The van der Waals surface area contributed by atoms with Gasteiger partial charge in [-0.1, -0.05) is 24.0 Å². The van der Waals surface area contributed by atoms with Gasteiger partial charge in [-0.2, -0.15) is 5.10 Å². The average Bonchev–Trinajstić information content (AvgIpc) is 2.93. The molecule has 1 aromatic carbocycles. The second-order valence-electron chi connectivity index (χ2n) is 4.76. The molecule has 3 N–H and O–H groups in total. The number of rotatable bonds is 3. The summed E-state index contributed by atoms with van der Waals surface area (Å²) in [5.41, 5.74) is 6.57. The summed E-state index contributed by atoms with van der Waals surface area (Å²) in [7, 11) is 0. The number of carbonyl (C=O) groups excluding carboxylic acids is 1. The molecule has 0 radical (unpaired) electrons. The van der Waals surface area contributed by atoms with Crippen molar-refractivity contribution in [2.45, 2.75) is 19.9 Å². The summed E-state index contributed by atoms with van der Waals surface area (Å²) in [6.45, 7) is 4.27. The monoisotopic (exact) mass is 282 g/mol. The Balaban J connectivity index is 2.27. The molecule has 5 heteroatoms. The molecule has 1 amide bonds. The van der Waals surface area contributed by atoms with E-state index in [0.29, 0.717) is 16.9 Å². The smallest absolute Gasteiger partial charge is 0.258 e. The first-order valence-electron chi connectivity index (χ1n) is 6.76. The summed E-state index contributed by atoms with van der Waals surface area (Å²) in [6.07, 6.45) is 1.66. The van der Waals surface area contributed by atoms with E-state index in [0.717, 1.165) is 0 Å². The first-order chi connectivity index (χ1) is 10.1. The zero-order valence-electron chi connectivity index (χ0n) is 12.1. The molecule has 0 fully saturated rings. The van der Waals surface area contributed by atoms with Crippen molar-refractivity contribution in [3.63, 3.8) is 0 Å². The third kappa shape index (κ3) is 3.50. The molecular formula is C16H18N4O. The number of anilines is 1. The van der Waals surface area contributed by atoms with Gasteiger partial charge in [-0.15, -0.1) is 0 Å². The molecule has 0 aliphatic carbocycles. The van der Waals surface area contributed by atoms with Crippen LogP contribution in [0.5, 0.6) is 0 Å². The number of carbonyl (C=O) groups is 1. The molecule has 2 aromatic rings. The van der Waals surface area contributed by atoms with Gasteiger partial charge in [0.05, 0.1) is 18.3 Å². The second-order valence-corrected chi connectivity index (χ2v) is 4.76. The van der Waals surface area contributed by atoms with E-state index in [1.165, 1.54) is 0 Å². The highest BCUT2D eigenvalue weighted by atomic mass is 16.1. The fraction of sp³-hybridized carbons (Fsp3) is 0.250. The topological polar surface area (TPSA) is 72.9 Å². The van der Waals surface area contributed by atoms with Crippen molar-refractivity contribution in [2.75, 3.05) is 11.9 Å². The third-order valence-electron chi connectivity index (χ3n) is 2.90. The largest absolute Gasteiger partial charge is 0.320 e. The molecule has 0 aliphatic rings. The lowest BCUT2D eigenvalue weighted by atomic mass is 10.1. The van der Waals surface area contributed by atoms with Gasteiger partial charge in [0.2, 0.25) is 0 Å². The van der Waals surface area contributed by atoms with Gasteiger partial charge in [0.1, 0.15) is 5.82 Å². The van der Waals surface area contributed by atoms with Crippen molar-refractivity contribution < 1.29 is 4.79 Å². The summed E-state index contributed by atoms with van der Waals surface area (Å²) in [4.78, 5) is 12.4. The Morgan fingerprint density at radius 2 is 2.14 bits per heavy atom. The van der Waals surface area contributed by atoms with Gasteiger partial charge in [-0.25, -0.2) is 4.68 Å². The zero-order chi connectivity index (χ0) is 15.2. The van der Waals surface area contributed by atoms with Crippen LogP contribution in [0.1, 0.15) is 35.8 Å². The lowest BCUT2D eigenvalue weighted by Crippen LogP contribution is -2.17. The summed E-state index contributed by atoms with van der Waals surface area (Å²) in [5.74, 6) is 6.14. The van der Waals surface area contributed by atoms with Crippen LogP contribution in [0.4, 0.5) is 5.82 Å². The summed E-state index contributed by atoms with van der Waals surface area (Å²) >= 11 is 0. The van der Waals surface area contributed by atoms with Crippen molar-refractivity contribution in [3.8, 4) is 11.8 Å². The standard InChI is InChI=1S/C16H18N4O/c1-12(2)20-15(9-11-18-20)19-16(21)14-8-4-3-6-13(14)7-5-10-17/h3-4,6,8-9,11-12H,10,17H2,1-2H3,(H,19,21). The molecule has 108 valence electrons. The molecule has 0 unspecified atom stereocenters. The van der Waals surface area contributed by atoms with Crippen LogP contribution in [0.15, 0.2) is 36.5 Å². The van der Waals surface area contributed by atoms with E-state index < -0.39 is 0 Å². The van der Waals surface area contributed by atoms with E-state index in [1.807, 2.05) is 26.0 Å². The normalized spacial score (nSPS) is 10.1. The van der Waals surface area contributed by atoms with Crippen molar-refractivity contribution in [1.82, 2.24) is 9.78 Å². The quantitative estimate of drug-likeness (QED) is 0.846. The number of benzene rings is 1. The Bertz CT molecular complexity index is 692. The van der Waals surface area contributed by atoms with Gasteiger partial charge in [-0.05, 0) is 26.0 Å². The molecule has 1 aromatic heterocycles. The number of nitrogens with zero attached hydrogens (tertiary/aromatic N) is 2. The summed E-state index contributed by atoms with van der Waals surface area (Å²) in [5, 5.41) is 7.06. The van der Waals surface area contributed by atoms with Crippen LogP contribution in [0.3, 0.4) is 0 Å². The number of hydrogen-bond donors (Lipinski definition) is 2. The van der Waals surface area contributed by atoms with E-state index >= 15 is 0 Å². The lowest BCUT2D eigenvalue weighted by Gasteiger charge is -2.12. The Morgan fingerprint density at radius 1 is 1.38 bits per heavy atom. The minimum atomic E-state index is -0.209. The van der Waals surface area contributed by atoms with Crippen LogP contribution in [0.25, 0.3) is 0 Å². The highest BCUT2D eigenvalue weighted by Gasteiger charge is 2.13. The van der Waals surface area contributed by atoms with Gasteiger partial charge < -0.3 is 11.1 Å². The molecule has 0 atom stereocenters. The van der Waals surface area contributed by atoms with E-state index in [-0.39, 0.29) is 18.5 Å². The second kappa shape index (κ2) is 6.73. The summed E-state index contributed by atoms with van der Waals surface area (Å²) in [6, 6.07) is 9.13. The Morgan fingerprint density at radius 3 is 2.86 bits per heavy atom. The predicted molar refractivity (Wildman–Crippen MR) is 82.9 cm³/mol. The molecule has 1 heterocycles. The molecule has 2 rings (SSSR count). The minimum Gasteiger partial charge on any atom is -0.320 e. The minimum absolute atomic E-state index is 0.169. The molecule has 0 aliphatic heterocycles. The van der Waals surface area contributed by atoms with E-state index in [4.69, 9.17) is 5.73 Å². The highest BCUT2D eigenvalue weighted by Crippen LogP contribution is 2.15. The maximum absolute atomic E-state index is 12.4. The molecule has 21 heavy (non-hydrogen) atoms. The van der Waals surface area contributed by atoms with Gasteiger partial charge in [-0.3, -0.25) is 4.79 Å². The van der Waals surface area contributed by atoms with Crippen molar-refractivity contribution in [1.29, 1.82) is 0 Å². The molecular weight excluding hydrogens is 264 g/mol. The van der Waals surface area contributed by atoms with Crippen LogP contribution in [-0.4, -0.2) is 22.2 Å². The predicted octanol–water partition coefficient (Wildman–Crippen LogP) is 2.03. The van der Waals surface area contributed by atoms with E-state index in [9.17, 15) is 4.79 Å². The van der Waals surface area contributed by atoms with Crippen molar-refractivity contribution in [2.24, 2.45) is 5.73 Å². The van der Waals surface area contributed by atoms with Gasteiger partial charge >= 0.3 is 0 Å². The van der Waals surface area contributed by atoms with Crippen LogP contribution in [0, 0.1) is 11.8 Å². The average molecular weight is 282 g/mol. The first-order valence-corrected chi connectivity index (χ1v) is 6.76. The zero-order valence-corrected chi connectivity index (χ0v) is 12.1. The highest BCUT2D eigenvalue weighted by molar-refractivity contribution is 6.05. The van der Waals surface area contributed by atoms with Crippen LogP contribution >= 0.6 is 0 Å². The number of hydrogen-bond acceptors (Lipinski definition) is 3. The maximum Gasteiger partial charge on any atom is 0.258 e. The Kier molecular flexibility index (Phi) is 4.75. The van der Waals surface area contributed by atoms with Crippen LogP contribution in [0.2, 0.25) is 0 Å². The third-order valence-corrected chi connectivity index (χ3v) is 2.90. The molecule has 0 saturated heterocycles. The molecule has 0 spiro atoms. The van der Waals surface area contributed by atoms with Crippen LogP contribution in [-0.2, 0) is 0 Å². The fourth-order valence-electron chi connectivity index (χ4n) is 1.94. The van der Waals surface area contributed by atoms with Gasteiger partial charge in [0.15, 0.2) is 0 Å². The molecule has 5 nitrogen and oxygen atoms in total. The molecule has 0 saturated carbocycles. The SMILES string of the molecule is CC(C)n1nccc1NC(=O)c1ccccc1C#CCN. The number of nitrogens with two attached hydrogens (primary N) is 1. The van der Waals surface area contributed by atoms with Crippen LogP contribution < -0.4 is 11.1 Å². The maximum atomic E-state index is 12.4. The van der Waals surface area contributed by atoms with E-state index in [2.05, 4.69) is 22.3 Å². The Hall–Kier alpha value is -2.58. The number of nitrogens with one attached hydrogen (secondary N) is 1. The van der Waals surface area contributed by atoms with E-state index in [1.54, 1.807) is 29.1 Å². The van der Waals surface area contributed by atoms with Gasteiger partial charge in [0.25, 0.3) is 5.91 Å². The Labute approximate surface area is 124 Å². The lowest BCUT2D eigenvalue weighted by molar-refractivity contribution is 0.102. The fourth-order valence-corrected chi connectivity index (χ4v) is 1.94. The number of amides is 1. The van der Waals surface area contributed by atoms with Gasteiger partial charge in [0, 0.05) is 17.7 Å². The number of aromatic nitrogens is 2.